The Bertz CT molecular complexity index is 494. The van der Waals surface area contributed by atoms with Crippen LogP contribution in [0.5, 0.6) is 5.75 Å². The molecule has 1 amide bonds. The molecule has 1 aliphatic rings. The van der Waals surface area contributed by atoms with Crippen LogP contribution in [0.25, 0.3) is 0 Å². The molecule has 20 heavy (non-hydrogen) atoms. The summed E-state index contributed by atoms with van der Waals surface area (Å²) in [6, 6.07) is 3.38. The third-order valence-corrected chi connectivity index (χ3v) is 4.63. The highest BCUT2D eigenvalue weighted by Gasteiger charge is 2.21. The summed E-state index contributed by atoms with van der Waals surface area (Å²) in [5.41, 5.74) is 0.895. The number of carbonyl (C=O) groups excluding carboxylic acids is 1. The van der Waals surface area contributed by atoms with Crippen molar-refractivity contribution in [3.05, 3.63) is 27.7 Å². The van der Waals surface area contributed by atoms with Crippen LogP contribution in [0.3, 0.4) is 0 Å². The van der Waals surface area contributed by atoms with Crippen molar-refractivity contribution in [2.24, 2.45) is 0 Å². The second kappa shape index (κ2) is 7.41. The fourth-order valence-corrected chi connectivity index (χ4v) is 3.38. The normalized spacial score (nSPS) is 18.1. The topological polar surface area (TPSA) is 50.4 Å². The molecule has 1 aromatic rings. The van der Waals surface area contributed by atoms with Crippen LogP contribution in [-0.2, 0) is 11.2 Å². The van der Waals surface area contributed by atoms with Gasteiger partial charge in [-0.25, -0.2) is 0 Å². The van der Waals surface area contributed by atoms with Gasteiger partial charge in [0.15, 0.2) is 0 Å². The first kappa shape index (κ1) is 15.8. The van der Waals surface area contributed by atoms with Gasteiger partial charge < -0.3 is 10.1 Å². The van der Waals surface area contributed by atoms with Crippen molar-refractivity contribution in [3.63, 3.8) is 0 Å². The Morgan fingerprint density at radius 3 is 2.95 bits per heavy atom. The molecule has 7 heteroatoms. The third-order valence-electron chi connectivity index (χ3n) is 3.05. The molecule has 0 saturated carbocycles. The minimum Gasteiger partial charge on any atom is -0.495 e. The maximum absolute atomic E-state index is 11.8. The van der Waals surface area contributed by atoms with Crippen LogP contribution in [0, 0.1) is 0 Å². The zero-order valence-corrected chi connectivity index (χ0v) is 13.4. The van der Waals surface area contributed by atoms with Gasteiger partial charge >= 0.3 is 0 Å². The van der Waals surface area contributed by atoms with Gasteiger partial charge in [0.05, 0.1) is 18.2 Å². The molecule has 0 bridgehead atoms. The van der Waals surface area contributed by atoms with Gasteiger partial charge in [-0.2, -0.15) is 0 Å². The molecule has 0 radical (unpaired) electrons. The molecular weight excluding hydrogens is 319 g/mol. The second-order valence-electron chi connectivity index (χ2n) is 4.39. The average molecular weight is 335 g/mol. The van der Waals surface area contributed by atoms with Gasteiger partial charge in [-0.1, -0.05) is 23.2 Å². The molecule has 2 rings (SSSR count). The van der Waals surface area contributed by atoms with Crippen LogP contribution < -0.4 is 15.4 Å². The van der Waals surface area contributed by atoms with Crippen LogP contribution >= 0.6 is 35.0 Å². The molecular formula is C13H16Cl2N2O2S. The summed E-state index contributed by atoms with van der Waals surface area (Å²) in [5, 5.41) is 7.14. The summed E-state index contributed by atoms with van der Waals surface area (Å²) in [6.45, 7) is 0.532. The number of carbonyl (C=O) groups is 1. The zero-order chi connectivity index (χ0) is 14.5. The molecule has 1 unspecified atom stereocenters. The van der Waals surface area contributed by atoms with Gasteiger partial charge in [-0.15, -0.1) is 11.8 Å². The highest BCUT2D eigenvalue weighted by atomic mass is 35.5. The second-order valence-corrected chi connectivity index (χ2v) is 6.24. The van der Waals surface area contributed by atoms with Gasteiger partial charge in [0.25, 0.3) is 0 Å². The number of ether oxygens (including phenoxy) is 1. The first-order chi connectivity index (χ1) is 9.61. The van der Waals surface area contributed by atoms with Gasteiger partial charge in [0.2, 0.25) is 5.91 Å². The summed E-state index contributed by atoms with van der Waals surface area (Å²) in [4.78, 5) is 11.8. The summed E-state index contributed by atoms with van der Waals surface area (Å²) in [5.74, 6) is 2.24. The molecule has 1 heterocycles. The minimum atomic E-state index is -0.0880. The minimum absolute atomic E-state index is 0.0331. The fourth-order valence-electron chi connectivity index (χ4n) is 1.92. The Hall–Kier alpha value is -0.620. The summed E-state index contributed by atoms with van der Waals surface area (Å²) in [6.07, 6.45) is 0.633. The lowest BCUT2D eigenvalue weighted by atomic mass is 10.1. The smallest absolute Gasteiger partial charge is 0.238 e. The Labute approximate surface area is 132 Å². The maximum Gasteiger partial charge on any atom is 0.238 e. The lowest BCUT2D eigenvalue weighted by molar-refractivity contribution is -0.122. The Balaban J connectivity index is 1.87. The lowest BCUT2D eigenvalue weighted by Gasteiger charge is -2.12. The Kier molecular flexibility index (Phi) is 5.84. The van der Waals surface area contributed by atoms with Crippen molar-refractivity contribution < 1.29 is 9.53 Å². The first-order valence-corrected chi connectivity index (χ1v) is 8.13. The number of hydrogen-bond acceptors (Lipinski definition) is 4. The molecule has 0 aromatic heterocycles. The first-order valence-electron chi connectivity index (χ1n) is 6.22. The highest BCUT2D eigenvalue weighted by molar-refractivity contribution is 7.99. The molecule has 2 N–H and O–H groups in total. The van der Waals surface area contributed by atoms with E-state index < -0.39 is 0 Å². The van der Waals surface area contributed by atoms with Gasteiger partial charge in [-0.05, 0) is 18.1 Å². The van der Waals surface area contributed by atoms with E-state index >= 15 is 0 Å². The molecule has 1 aliphatic heterocycles. The van der Waals surface area contributed by atoms with E-state index in [1.54, 1.807) is 31.0 Å². The lowest BCUT2D eigenvalue weighted by Crippen LogP contribution is -2.42. The van der Waals surface area contributed by atoms with E-state index in [9.17, 15) is 4.79 Å². The molecule has 110 valence electrons. The Morgan fingerprint density at radius 2 is 2.30 bits per heavy atom. The number of thioether (sulfide) groups is 1. The number of methoxy groups -OCH3 is 1. The molecule has 4 nitrogen and oxygen atoms in total. The molecule has 0 spiro atoms. The fraction of sp³-hybridized carbons (Fsp3) is 0.462. The Morgan fingerprint density at radius 1 is 1.50 bits per heavy atom. The van der Waals surface area contributed by atoms with Crippen molar-refractivity contribution in [2.75, 3.05) is 25.3 Å². The van der Waals surface area contributed by atoms with E-state index in [-0.39, 0.29) is 11.9 Å². The summed E-state index contributed by atoms with van der Waals surface area (Å²) in [7, 11) is 1.55. The predicted molar refractivity (Wildman–Crippen MR) is 84.0 cm³/mol. The number of hydrogen-bond donors (Lipinski definition) is 2. The summed E-state index contributed by atoms with van der Waals surface area (Å²) < 4.78 is 5.09. The van der Waals surface area contributed by atoms with E-state index in [1.807, 2.05) is 0 Å². The van der Waals surface area contributed by atoms with E-state index in [4.69, 9.17) is 27.9 Å². The van der Waals surface area contributed by atoms with E-state index in [1.165, 1.54) is 0 Å². The zero-order valence-electron chi connectivity index (χ0n) is 11.0. The third kappa shape index (κ3) is 3.95. The van der Waals surface area contributed by atoms with Crippen molar-refractivity contribution in [2.45, 2.75) is 12.5 Å². The number of nitrogens with one attached hydrogen (secondary N) is 2. The van der Waals surface area contributed by atoms with Crippen LogP contribution in [0.1, 0.15) is 5.56 Å². The average Bonchev–Trinajstić information content (AvgIpc) is 2.96. The predicted octanol–water partition coefficient (Wildman–Crippen LogP) is 2.32. The van der Waals surface area contributed by atoms with Crippen molar-refractivity contribution >= 4 is 40.9 Å². The standard InChI is InChI=1S/C13H16Cl2N2O2S/c1-19-12-5-9(14)8(4-10(12)15)2-3-16-13(18)11-6-20-7-17-11/h4-5,11,17H,2-3,6-7H2,1H3,(H,16,18). The SMILES string of the molecule is COc1cc(Cl)c(CCNC(=O)C2CSCN2)cc1Cl. The van der Waals surface area contributed by atoms with Crippen molar-refractivity contribution in [1.82, 2.24) is 10.6 Å². The van der Waals surface area contributed by atoms with E-state index in [0.717, 1.165) is 17.2 Å². The van der Waals surface area contributed by atoms with Crippen LogP contribution in [0.15, 0.2) is 12.1 Å². The summed E-state index contributed by atoms with van der Waals surface area (Å²) >= 11 is 13.9. The molecule has 1 aromatic carbocycles. The van der Waals surface area contributed by atoms with Gasteiger partial charge in [-0.3, -0.25) is 10.1 Å². The maximum atomic E-state index is 11.8. The van der Waals surface area contributed by atoms with Crippen molar-refractivity contribution in [1.29, 1.82) is 0 Å². The number of benzene rings is 1. The molecule has 0 aliphatic carbocycles. The number of halogens is 2. The number of rotatable bonds is 5. The van der Waals surface area contributed by atoms with E-state index in [2.05, 4.69) is 10.6 Å². The van der Waals surface area contributed by atoms with E-state index in [0.29, 0.717) is 28.8 Å². The van der Waals surface area contributed by atoms with Gasteiger partial charge in [0.1, 0.15) is 5.75 Å². The van der Waals surface area contributed by atoms with Gasteiger partial charge in [0, 0.05) is 29.3 Å². The number of amides is 1. The van der Waals surface area contributed by atoms with Crippen LogP contribution in [0.2, 0.25) is 10.0 Å². The molecule has 1 fully saturated rings. The monoisotopic (exact) mass is 334 g/mol. The molecule has 1 saturated heterocycles. The van der Waals surface area contributed by atoms with Crippen LogP contribution in [-0.4, -0.2) is 37.2 Å². The highest BCUT2D eigenvalue weighted by Crippen LogP contribution is 2.31. The van der Waals surface area contributed by atoms with Crippen molar-refractivity contribution in [3.8, 4) is 5.75 Å². The molecule has 1 atom stereocenters. The van der Waals surface area contributed by atoms with Crippen LogP contribution in [0.4, 0.5) is 0 Å². The largest absolute Gasteiger partial charge is 0.495 e. The quantitative estimate of drug-likeness (QED) is 0.867.